The number of hydrogen-bond donors (Lipinski definition) is 1. The first-order valence-corrected chi connectivity index (χ1v) is 5.66. The summed E-state index contributed by atoms with van der Waals surface area (Å²) in [5.74, 6) is 0. The molecule has 0 aromatic carbocycles. The standard InChI is InChI=1S/C11H20N4/c1-11(2)6-4-5-10(11)12-7-9-8-15(3)14-13-9/h8,10,12H,4-7H2,1-3H3. The first kappa shape index (κ1) is 10.6. The van der Waals surface area contributed by atoms with Crippen molar-refractivity contribution in [2.24, 2.45) is 12.5 Å². The number of aromatic nitrogens is 3. The summed E-state index contributed by atoms with van der Waals surface area (Å²) in [6.07, 6.45) is 5.92. The van der Waals surface area contributed by atoms with Gasteiger partial charge in [0.1, 0.15) is 0 Å². The number of aryl methyl sites for hydroxylation is 1. The van der Waals surface area contributed by atoms with Crippen molar-refractivity contribution in [1.29, 1.82) is 0 Å². The zero-order chi connectivity index (χ0) is 10.9. The first-order chi connectivity index (χ1) is 7.08. The third-order valence-electron chi connectivity index (χ3n) is 3.44. The molecule has 0 radical (unpaired) electrons. The average molecular weight is 208 g/mol. The predicted molar refractivity (Wildman–Crippen MR) is 59.3 cm³/mol. The highest BCUT2D eigenvalue weighted by Gasteiger charge is 2.33. The Morgan fingerprint density at radius 3 is 2.93 bits per heavy atom. The van der Waals surface area contributed by atoms with Crippen LogP contribution in [0.1, 0.15) is 38.8 Å². The van der Waals surface area contributed by atoms with Crippen molar-refractivity contribution in [3.63, 3.8) is 0 Å². The Labute approximate surface area is 91.1 Å². The fourth-order valence-corrected chi connectivity index (χ4v) is 2.41. The van der Waals surface area contributed by atoms with Crippen LogP contribution < -0.4 is 5.32 Å². The van der Waals surface area contributed by atoms with Gasteiger partial charge in [0.2, 0.25) is 0 Å². The summed E-state index contributed by atoms with van der Waals surface area (Å²) in [5, 5.41) is 11.6. The van der Waals surface area contributed by atoms with Gasteiger partial charge in [-0.3, -0.25) is 4.68 Å². The van der Waals surface area contributed by atoms with E-state index in [-0.39, 0.29) is 0 Å². The van der Waals surface area contributed by atoms with E-state index in [2.05, 4.69) is 29.5 Å². The molecule has 15 heavy (non-hydrogen) atoms. The molecule has 1 fully saturated rings. The second kappa shape index (κ2) is 3.93. The van der Waals surface area contributed by atoms with Gasteiger partial charge in [0.15, 0.2) is 0 Å². The summed E-state index contributed by atoms with van der Waals surface area (Å²) in [4.78, 5) is 0. The molecule has 0 amide bonds. The SMILES string of the molecule is Cn1cc(CNC2CCCC2(C)C)nn1. The second-order valence-corrected chi connectivity index (χ2v) is 5.20. The normalized spacial score (nSPS) is 24.6. The lowest BCUT2D eigenvalue weighted by Crippen LogP contribution is -2.37. The molecule has 84 valence electrons. The Morgan fingerprint density at radius 1 is 1.60 bits per heavy atom. The van der Waals surface area contributed by atoms with E-state index in [9.17, 15) is 0 Å². The maximum atomic E-state index is 4.07. The maximum Gasteiger partial charge on any atom is 0.0964 e. The topological polar surface area (TPSA) is 42.7 Å². The van der Waals surface area contributed by atoms with E-state index >= 15 is 0 Å². The summed E-state index contributed by atoms with van der Waals surface area (Å²) >= 11 is 0. The summed E-state index contributed by atoms with van der Waals surface area (Å²) in [7, 11) is 1.90. The lowest BCUT2D eigenvalue weighted by molar-refractivity contribution is 0.282. The van der Waals surface area contributed by atoms with Crippen molar-refractivity contribution < 1.29 is 0 Å². The molecule has 1 aliphatic carbocycles. The Balaban J connectivity index is 1.88. The molecule has 1 heterocycles. The molecule has 4 nitrogen and oxygen atoms in total. The summed E-state index contributed by atoms with van der Waals surface area (Å²) in [5.41, 5.74) is 1.46. The Kier molecular flexibility index (Phi) is 2.78. The lowest BCUT2D eigenvalue weighted by Gasteiger charge is -2.27. The van der Waals surface area contributed by atoms with Crippen molar-refractivity contribution in [2.45, 2.75) is 45.7 Å². The van der Waals surface area contributed by atoms with E-state index in [0.29, 0.717) is 11.5 Å². The van der Waals surface area contributed by atoms with E-state index in [1.165, 1.54) is 19.3 Å². The van der Waals surface area contributed by atoms with Crippen LogP contribution in [0.25, 0.3) is 0 Å². The first-order valence-electron chi connectivity index (χ1n) is 5.66. The van der Waals surface area contributed by atoms with Crippen LogP contribution in [0.4, 0.5) is 0 Å². The molecular weight excluding hydrogens is 188 g/mol. The number of nitrogens with one attached hydrogen (secondary N) is 1. The third-order valence-corrected chi connectivity index (χ3v) is 3.44. The molecule has 0 bridgehead atoms. The number of rotatable bonds is 3. The third kappa shape index (κ3) is 2.37. The fourth-order valence-electron chi connectivity index (χ4n) is 2.41. The Hall–Kier alpha value is -0.900. The van der Waals surface area contributed by atoms with Gasteiger partial charge in [-0.1, -0.05) is 25.5 Å². The quantitative estimate of drug-likeness (QED) is 0.818. The minimum absolute atomic E-state index is 0.433. The van der Waals surface area contributed by atoms with Gasteiger partial charge >= 0.3 is 0 Å². The summed E-state index contributed by atoms with van der Waals surface area (Å²) in [6.45, 7) is 5.52. The van der Waals surface area contributed by atoms with Gasteiger partial charge in [-0.15, -0.1) is 5.10 Å². The molecule has 1 atom stereocenters. The summed E-state index contributed by atoms with van der Waals surface area (Å²) < 4.78 is 1.75. The van der Waals surface area contributed by atoms with Gasteiger partial charge in [-0.2, -0.15) is 0 Å². The second-order valence-electron chi connectivity index (χ2n) is 5.20. The van der Waals surface area contributed by atoms with E-state index in [1.807, 2.05) is 13.2 Å². The Morgan fingerprint density at radius 2 is 2.40 bits per heavy atom. The Bertz CT molecular complexity index is 329. The molecule has 2 rings (SSSR count). The molecule has 0 aliphatic heterocycles. The highest BCUT2D eigenvalue weighted by atomic mass is 15.4. The van der Waals surface area contributed by atoms with E-state index in [4.69, 9.17) is 0 Å². The minimum Gasteiger partial charge on any atom is -0.308 e. The monoisotopic (exact) mass is 208 g/mol. The van der Waals surface area contributed by atoms with Gasteiger partial charge < -0.3 is 5.32 Å². The molecule has 0 spiro atoms. The van der Waals surface area contributed by atoms with Gasteiger partial charge in [0.05, 0.1) is 5.69 Å². The fraction of sp³-hybridized carbons (Fsp3) is 0.818. The molecule has 1 aliphatic rings. The zero-order valence-electron chi connectivity index (χ0n) is 9.82. The van der Waals surface area contributed by atoms with E-state index < -0.39 is 0 Å². The highest BCUT2D eigenvalue weighted by molar-refractivity contribution is 4.95. The number of hydrogen-bond acceptors (Lipinski definition) is 3. The van der Waals surface area contributed by atoms with Gasteiger partial charge in [-0.25, -0.2) is 0 Å². The molecule has 1 unspecified atom stereocenters. The van der Waals surface area contributed by atoms with Crippen LogP contribution in [0.5, 0.6) is 0 Å². The van der Waals surface area contributed by atoms with Crippen LogP contribution in [0, 0.1) is 5.41 Å². The lowest BCUT2D eigenvalue weighted by atomic mass is 9.87. The molecule has 1 N–H and O–H groups in total. The van der Waals surface area contributed by atoms with Gasteiger partial charge in [0.25, 0.3) is 0 Å². The molecule has 1 saturated carbocycles. The smallest absolute Gasteiger partial charge is 0.0964 e. The molecule has 1 aromatic rings. The zero-order valence-corrected chi connectivity index (χ0v) is 9.82. The van der Waals surface area contributed by atoms with Crippen LogP contribution >= 0.6 is 0 Å². The predicted octanol–water partition coefficient (Wildman–Crippen LogP) is 1.48. The van der Waals surface area contributed by atoms with Crippen molar-refractivity contribution in [3.05, 3.63) is 11.9 Å². The van der Waals surface area contributed by atoms with Gasteiger partial charge in [-0.05, 0) is 18.3 Å². The van der Waals surface area contributed by atoms with Crippen LogP contribution in [-0.2, 0) is 13.6 Å². The molecule has 0 saturated heterocycles. The molecule has 4 heteroatoms. The maximum absolute atomic E-state index is 4.07. The van der Waals surface area contributed by atoms with Crippen molar-refractivity contribution in [3.8, 4) is 0 Å². The largest absolute Gasteiger partial charge is 0.308 e. The van der Waals surface area contributed by atoms with Crippen LogP contribution in [0.15, 0.2) is 6.20 Å². The van der Waals surface area contributed by atoms with Crippen LogP contribution in [-0.4, -0.2) is 21.0 Å². The van der Waals surface area contributed by atoms with Crippen molar-refractivity contribution >= 4 is 0 Å². The van der Waals surface area contributed by atoms with E-state index in [0.717, 1.165) is 12.2 Å². The molecular formula is C11H20N4. The van der Waals surface area contributed by atoms with Crippen LogP contribution in [0.3, 0.4) is 0 Å². The number of nitrogens with zero attached hydrogens (tertiary/aromatic N) is 3. The van der Waals surface area contributed by atoms with Crippen molar-refractivity contribution in [2.75, 3.05) is 0 Å². The van der Waals surface area contributed by atoms with E-state index in [1.54, 1.807) is 4.68 Å². The van der Waals surface area contributed by atoms with Crippen molar-refractivity contribution in [1.82, 2.24) is 20.3 Å². The van der Waals surface area contributed by atoms with Crippen LogP contribution in [0.2, 0.25) is 0 Å². The molecule has 1 aromatic heterocycles. The van der Waals surface area contributed by atoms with Gasteiger partial charge in [0, 0.05) is 25.8 Å². The minimum atomic E-state index is 0.433. The summed E-state index contributed by atoms with van der Waals surface area (Å²) in [6, 6.07) is 0.625. The highest BCUT2D eigenvalue weighted by Crippen LogP contribution is 2.37. The average Bonchev–Trinajstić information content (AvgIpc) is 2.69.